The van der Waals surface area contributed by atoms with Crippen molar-refractivity contribution in [3.63, 3.8) is 0 Å². The molecule has 0 unspecified atom stereocenters. The van der Waals surface area contributed by atoms with Gasteiger partial charge in [-0.05, 0) is 24.8 Å². The predicted octanol–water partition coefficient (Wildman–Crippen LogP) is 3.52. The first kappa shape index (κ1) is 10.2. The lowest BCUT2D eigenvalue weighted by Gasteiger charge is -2.40. The van der Waals surface area contributed by atoms with E-state index < -0.39 is 0 Å². The monoisotopic (exact) mass is 254 g/mol. The minimum atomic E-state index is 0.135. The summed E-state index contributed by atoms with van der Waals surface area (Å²) in [6, 6.07) is 10.4. The Kier molecular flexibility index (Phi) is 3.24. The van der Waals surface area contributed by atoms with E-state index in [2.05, 4.69) is 40.2 Å². The van der Waals surface area contributed by atoms with Gasteiger partial charge in [-0.15, -0.1) is 0 Å². The molecule has 0 atom stereocenters. The first-order valence-electron chi connectivity index (χ1n) is 5.08. The summed E-state index contributed by atoms with van der Waals surface area (Å²) in [7, 11) is 0. The molecule has 76 valence electrons. The molecule has 1 aromatic carbocycles. The van der Waals surface area contributed by atoms with Gasteiger partial charge in [0.25, 0.3) is 0 Å². The summed E-state index contributed by atoms with van der Waals surface area (Å²) in [6.45, 7) is 0.742. The van der Waals surface area contributed by atoms with Crippen LogP contribution in [0.2, 0.25) is 0 Å². The number of alkyl halides is 1. The molecule has 0 N–H and O–H groups in total. The van der Waals surface area contributed by atoms with Gasteiger partial charge in [-0.3, -0.25) is 0 Å². The molecule has 0 amide bonds. The van der Waals surface area contributed by atoms with Crippen molar-refractivity contribution in [2.24, 2.45) is 0 Å². The summed E-state index contributed by atoms with van der Waals surface area (Å²) in [5, 5.41) is 0.965. The van der Waals surface area contributed by atoms with Crippen LogP contribution >= 0.6 is 15.9 Å². The Bertz CT molecular complexity index is 274. The first-order chi connectivity index (χ1) is 6.85. The molecule has 2 rings (SSSR count). The van der Waals surface area contributed by atoms with Crippen molar-refractivity contribution < 1.29 is 4.74 Å². The fourth-order valence-corrected chi connectivity index (χ4v) is 2.42. The second kappa shape index (κ2) is 4.45. The minimum absolute atomic E-state index is 0.135. The van der Waals surface area contributed by atoms with Crippen LogP contribution in [0.5, 0.6) is 0 Å². The summed E-state index contributed by atoms with van der Waals surface area (Å²) in [4.78, 5) is 0. The van der Waals surface area contributed by atoms with Crippen LogP contribution in [0.25, 0.3) is 0 Å². The fourth-order valence-electron chi connectivity index (χ4n) is 1.70. The van der Waals surface area contributed by atoms with Crippen LogP contribution in [0.15, 0.2) is 30.3 Å². The molecule has 1 aliphatic carbocycles. The lowest BCUT2D eigenvalue weighted by molar-refractivity contribution is -0.0904. The third-order valence-corrected chi connectivity index (χ3v) is 3.92. The summed E-state index contributed by atoms with van der Waals surface area (Å²) in [6.07, 6.45) is 3.70. The number of hydrogen-bond donors (Lipinski definition) is 0. The van der Waals surface area contributed by atoms with Gasteiger partial charge in [0.05, 0.1) is 12.2 Å². The number of halogens is 1. The van der Waals surface area contributed by atoms with Gasteiger partial charge in [-0.1, -0.05) is 46.3 Å². The van der Waals surface area contributed by atoms with Gasteiger partial charge in [0.1, 0.15) is 0 Å². The zero-order chi connectivity index (χ0) is 9.86. The molecule has 14 heavy (non-hydrogen) atoms. The van der Waals surface area contributed by atoms with Gasteiger partial charge in [0, 0.05) is 5.33 Å². The third kappa shape index (κ3) is 2.18. The summed E-state index contributed by atoms with van der Waals surface area (Å²) >= 11 is 3.53. The van der Waals surface area contributed by atoms with Gasteiger partial charge in [-0.25, -0.2) is 0 Å². The Labute approximate surface area is 93.6 Å². The van der Waals surface area contributed by atoms with Crippen LogP contribution < -0.4 is 0 Å². The van der Waals surface area contributed by atoms with Gasteiger partial charge in [-0.2, -0.15) is 0 Å². The largest absolute Gasteiger partial charge is 0.369 e. The highest BCUT2D eigenvalue weighted by atomic mass is 79.9. The SMILES string of the molecule is BrCC1(OCc2ccccc2)CCC1. The van der Waals surface area contributed by atoms with Crippen LogP contribution in [0.3, 0.4) is 0 Å². The summed E-state index contributed by atoms with van der Waals surface area (Å²) in [5.74, 6) is 0. The quantitative estimate of drug-likeness (QED) is 0.748. The van der Waals surface area contributed by atoms with Crippen molar-refractivity contribution in [1.82, 2.24) is 0 Å². The van der Waals surface area contributed by atoms with Crippen molar-refractivity contribution >= 4 is 15.9 Å². The smallest absolute Gasteiger partial charge is 0.0783 e. The molecule has 1 aliphatic rings. The zero-order valence-corrected chi connectivity index (χ0v) is 9.79. The van der Waals surface area contributed by atoms with Gasteiger partial charge >= 0.3 is 0 Å². The number of hydrogen-bond acceptors (Lipinski definition) is 1. The Morgan fingerprint density at radius 3 is 2.43 bits per heavy atom. The van der Waals surface area contributed by atoms with E-state index in [9.17, 15) is 0 Å². The van der Waals surface area contributed by atoms with E-state index in [1.54, 1.807) is 0 Å². The standard InChI is InChI=1S/C12H15BrO/c13-10-12(7-4-8-12)14-9-11-5-2-1-3-6-11/h1-3,5-6H,4,7-10H2. The van der Waals surface area contributed by atoms with Crippen molar-refractivity contribution in [3.8, 4) is 0 Å². The second-order valence-electron chi connectivity index (χ2n) is 3.94. The highest BCUT2D eigenvalue weighted by molar-refractivity contribution is 9.09. The van der Waals surface area contributed by atoms with Crippen LogP contribution in [0, 0.1) is 0 Å². The number of ether oxygens (including phenoxy) is 1. The Hall–Kier alpha value is -0.340. The predicted molar refractivity (Wildman–Crippen MR) is 61.6 cm³/mol. The van der Waals surface area contributed by atoms with Crippen molar-refractivity contribution in [3.05, 3.63) is 35.9 Å². The van der Waals surface area contributed by atoms with E-state index in [1.807, 2.05) is 6.07 Å². The summed E-state index contributed by atoms with van der Waals surface area (Å²) < 4.78 is 5.95. The molecule has 0 aromatic heterocycles. The topological polar surface area (TPSA) is 9.23 Å². The van der Waals surface area contributed by atoms with Crippen LogP contribution in [0.4, 0.5) is 0 Å². The molecule has 2 heteroatoms. The minimum Gasteiger partial charge on any atom is -0.369 e. The van der Waals surface area contributed by atoms with E-state index in [0.717, 1.165) is 11.9 Å². The van der Waals surface area contributed by atoms with Gasteiger partial charge in [0.2, 0.25) is 0 Å². The number of rotatable bonds is 4. The Morgan fingerprint density at radius 2 is 1.93 bits per heavy atom. The fraction of sp³-hybridized carbons (Fsp3) is 0.500. The first-order valence-corrected chi connectivity index (χ1v) is 6.21. The second-order valence-corrected chi connectivity index (χ2v) is 4.51. The maximum Gasteiger partial charge on any atom is 0.0783 e. The average Bonchev–Trinajstić information content (AvgIpc) is 2.19. The highest BCUT2D eigenvalue weighted by Crippen LogP contribution is 2.37. The van der Waals surface area contributed by atoms with E-state index in [0.29, 0.717) is 0 Å². The molecule has 0 saturated heterocycles. The molecule has 0 radical (unpaired) electrons. The van der Waals surface area contributed by atoms with Crippen LogP contribution in [-0.2, 0) is 11.3 Å². The average molecular weight is 255 g/mol. The zero-order valence-electron chi connectivity index (χ0n) is 8.21. The molecule has 0 spiro atoms. The molecule has 1 aromatic rings. The van der Waals surface area contributed by atoms with E-state index >= 15 is 0 Å². The van der Waals surface area contributed by atoms with E-state index in [-0.39, 0.29) is 5.60 Å². The Morgan fingerprint density at radius 1 is 1.21 bits per heavy atom. The van der Waals surface area contributed by atoms with Crippen LogP contribution in [-0.4, -0.2) is 10.9 Å². The molecule has 1 fully saturated rings. The van der Waals surface area contributed by atoms with Crippen molar-refractivity contribution in [2.75, 3.05) is 5.33 Å². The maximum absolute atomic E-state index is 5.95. The maximum atomic E-state index is 5.95. The number of benzene rings is 1. The van der Waals surface area contributed by atoms with Crippen molar-refractivity contribution in [2.45, 2.75) is 31.5 Å². The van der Waals surface area contributed by atoms with Gasteiger partial charge in [0.15, 0.2) is 0 Å². The molecule has 0 heterocycles. The molecular weight excluding hydrogens is 240 g/mol. The van der Waals surface area contributed by atoms with Gasteiger partial charge < -0.3 is 4.74 Å². The highest BCUT2D eigenvalue weighted by Gasteiger charge is 2.36. The Balaban J connectivity index is 1.88. The van der Waals surface area contributed by atoms with E-state index in [1.165, 1.54) is 24.8 Å². The summed E-state index contributed by atoms with van der Waals surface area (Å²) in [5.41, 5.74) is 1.40. The normalized spacial score (nSPS) is 18.9. The third-order valence-electron chi connectivity index (χ3n) is 2.90. The molecular formula is C12H15BrO. The lowest BCUT2D eigenvalue weighted by Crippen LogP contribution is -2.41. The molecule has 0 aliphatic heterocycles. The van der Waals surface area contributed by atoms with E-state index in [4.69, 9.17) is 4.74 Å². The lowest BCUT2D eigenvalue weighted by atomic mass is 9.82. The molecule has 1 saturated carbocycles. The molecule has 0 bridgehead atoms. The molecule has 1 nitrogen and oxygen atoms in total. The van der Waals surface area contributed by atoms with Crippen LogP contribution in [0.1, 0.15) is 24.8 Å². The van der Waals surface area contributed by atoms with Crippen molar-refractivity contribution in [1.29, 1.82) is 0 Å².